The summed E-state index contributed by atoms with van der Waals surface area (Å²) in [7, 11) is 0.0359. The lowest BCUT2D eigenvalue weighted by molar-refractivity contribution is 0.155. The monoisotopic (exact) mass is 470 g/mol. The number of nitrogens with one attached hydrogen (secondary N) is 1. The molecule has 2 aromatic carbocycles. The first-order valence-electron chi connectivity index (χ1n) is 10.1. The molecule has 0 amide bonds. The molecule has 1 N–H and O–H groups in total. The van der Waals surface area contributed by atoms with E-state index in [1.807, 2.05) is 19.0 Å². The summed E-state index contributed by atoms with van der Waals surface area (Å²) < 4.78 is 34.8. The fraction of sp³-hybridized carbons (Fsp3) is 0.455. The normalized spacial score (nSPS) is 16.6. The highest BCUT2D eigenvalue weighted by molar-refractivity contribution is 7.89. The van der Waals surface area contributed by atoms with Crippen LogP contribution in [0.5, 0.6) is 5.75 Å². The summed E-state index contributed by atoms with van der Waals surface area (Å²) in [5, 5.41) is 0.821. The zero-order chi connectivity index (χ0) is 21.7. The van der Waals surface area contributed by atoms with Gasteiger partial charge in [0.1, 0.15) is 5.75 Å². The van der Waals surface area contributed by atoms with Crippen LogP contribution in [-0.2, 0) is 10.0 Å². The largest absolute Gasteiger partial charge is 0.490 e. The van der Waals surface area contributed by atoms with Crippen LogP contribution >= 0.6 is 23.2 Å². The highest BCUT2D eigenvalue weighted by Gasteiger charge is 2.23. The maximum atomic E-state index is 13.0. The van der Waals surface area contributed by atoms with Crippen LogP contribution in [-0.4, -0.2) is 40.1 Å². The quantitative estimate of drug-likeness (QED) is 0.569. The lowest BCUT2D eigenvalue weighted by Gasteiger charge is -2.24. The van der Waals surface area contributed by atoms with E-state index in [0.717, 1.165) is 18.4 Å². The van der Waals surface area contributed by atoms with Crippen LogP contribution in [0, 0.1) is 0 Å². The van der Waals surface area contributed by atoms with Gasteiger partial charge in [0.25, 0.3) is 0 Å². The summed E-state index contributed by atoms with van der Waals surface area (Å²) in [6, 6.07) is 11.3. The Morgan fingerprint density at radius 2 is 1.70 bits per heavy atom. The van der Waals surface area contributed by atoms with E-state index in [2.05, 4.69) is 4.72 Å². The van der Waals surface area contributed by atoms with Crippen LogP contribution < -0.4 is 9.46 Å². The molecule has 0 aromatic heterocycles. The van der Waals surface area contributed by atoms with E-state index < -0.39 is 16.1 Å². The Morgan fingerprint density at radius 3 is 2.30 bits per heavy atom. The first-order valence-corrected chi connectivity index (χ1v) is 12.4. The van der Waals surface area contributed by atoms with E-state index in [1.54, 1.807) is 42.5 Å². The van der Waals surface area contributed by atoms with E-state index in [4.69, 9.17) is 27.9 Å². The molecule has 1 aliphatic carbocycles. The molecule has 0 spiro atoms. The smallest absolute Gasteiger partial charge is 0.241 e. The Kier molecular flexibility index (Phi) is 8.04. The van der Waals surface area contributed by atoms with E-state index >= 15 is 0 Å². The third-order valence-electron chi connectivity index (χ3n) is 5.18. The average molecular weight is 471 g/mol. The zero-order valence-electron chi connectivity index (χ0n) is 17.3. The summed E-state index contributed by atoms with van der Waals surface area (Å²) in [6.45, 7) is 0.472. The van der Waals surface area contributed by atoms with Gasteiger partial charge in [-0.2, -0.15) is 0 Å². The molecule has 1 saturated carbocycles. The zero-order valence-corrected chi connectivity index (χ0v) is 19.6. The molecule has 0 unspecified atom stereocenters. The van der Waals surface area contributed by atoms with Crippen molar-refractivity contribution in [1.29, 1.82) is 0 Å². The molecule has 1 atom stereocenters. The molecule has 30 heavy (non-hydrogen) atoms. The van der Waals surface area contributed by atoms with Gasteiger partial charge in [-0.3, -0.25) is 0 Å². The van der Waals surface area contributed by atoms with Gasteiger partial charge in [-0.25, -0.2) is 13.1 Å². The number of benzene rings is 2. The average Bonchev–Trinajstić information content (AvgIpc) is 2.70. The first-order chi connectivity index (χ1) is 14.2. The number of rotatable bonds is 8. The van der Waals surface area contributed by atoms with Gasteiger partial charge in [-0.15, -0.1) is 0 Å². The number of sulfonamides is 1. The molecule has 0 bridgehead atoms. The van der Waals surface area contributed by atoms with Gasteiger partial charge in [0.15, 0.2) is 0 Å². The number of ether oxygens (including phenoxy) is 1. The van der Waals surface area contributed by atoms with Crippen LogP contribution in [0.2, 0.25) is 10.0 Å². The topological polar surface area (TPSA) is 58.6 Å². The highest BCUT2D eigenvalue weighted by Crippen LogP contribution is 2.28. The van der Waals surface area contributed by atoms with Gasteiger partial charge >= 0.3 is 0 Å². The van der Waals surface area contributed by atoms with Gasteiger partial charge in [-0.05, 0) is 81.7 Å². The SMILES string of the molecule is CN(C)C[C@@H](NS(=O)(=O)c1ccc(OC2CCCCC2)cc1)c1ccc(Cl)c(Cl)c1. The molecule has 3 rings (SSSR count). The van der Waals surface area contributed by atoms with Crippen LogP contribution in [0.15, 0.2) is 47.4 Å². The molecule has 164 valence electrons. The Balaban J connectivity index is 1.75. The lowest BCUT2D eigenvalue weighted by Crippen LogP contribution is -2.35. The van der Waals surface area contributed by atoms with Crippen molar-refractivity contribution in [3.63, 3.8) is 0 Å². The summed E-state index contributed by atoms with van der Waals surface area (Å²) in [4.78, 5) is 2.11. The highest BCUT2D eigenvalue weighted by atomic mass is 35.5. The third kappa shape index (κ3) is 6.34. The van der Waals surface area contributed by atoms with Crippen LogP contribution in [0.3, 0.4) is 0 Å². The van der Waals surface area contributed by atoms with Crippen molar-refractivity contribution in [2.45, 2.75) is 49.1 Å². The number of hydrogen-bond donors (Lipinski definition) is 1. The second kappa shape index (κ2) is 10.3. The van der Waals surface area contributed by atoms with Crippen molar-refractivity contribution in [3.8, 4) is 5.75 Å². The first kappa shape index (κ1) is 23.4. The summed E-state index contributed by atoms with van der Waals surface area (Å²) >= 11 is 12.2. The Hall–Kier alpha value is -1.31. The van der Waals surface area contributed by atoms with Gasteiger partial charge in [-0.1, -0.05) is 35.7 Å². The van der Waals surface area contributed by atoms with Crippen molar-refractivity contribution in [2.75, 3.05) is 20.6 Å². The van der Waals surface area contributed by atoms with E-state index in [1.165, 1.54) is 19.3 Å². The summed E-state index contributed by atoms with van der Waals surface area (Å²) in [5.41, 5.74) is 0.749. The minimum Gasteiger partial charge on any atom is -0.490 e. The molecule has 2 aromatic rings. The van der Waals surface area contributed by atoms with E-state index in [-0.39, 0.29) is 11.0 Å². The van der Waals surface area contributed by atoms with E-state index in [0.29, 0.717) is 22.3 Å². The van der Waals surface area contributed by atoms with Gasteiger partial charge in [0.2, 0.25) is 10.0 Å². The second-order valence-electron chi connectivity index (χ2n) is 7.96. The fourth-order valence-electron chi connectivity index (χ4n) is 3.63. The molecule has 1 fully saturated rings. The maximum absolute atomic E-state index is 13.0. The number of likely N-dealkylation sites (N-methyl/N-ethyl adjacent to an activating group) is 1. The minimum atomic E-state index is -3.73. The summed E-state index contributed by atoms with van der Waals surface area (Å²) in [6.07, 6.45) is 5.95. The fourth-order valence-corrected chi connectivity index (χ4v) is 5.16. The Bertz CT molecular complexity index is 943. The van der Waals surface area contributed by atoms with Crippen molar-refractivity contribution >= 4 is 33.2 Å². The van der Waals surface area contributed by atoms with Crippen molar-refractivity contribution < 1.29 is 13.2 Å². The van der Waals surface area contributed by atoms with E-state index in [9.17, 15) is 8.42 Å². The molecular weight excluding hydrogens is 443 g/mol. The Labute approximate surface area is 189 Å². The predicted octanol–water partition coefficient (Wildman–Crippen LogP) is 5.29. The summed E-state index contributed by atoms with van der Waals surface area (Å²) in [5.74, 6) is 0.704. The predicted molar refractivity (Wildman–Crippen MR) is 122 cm³/mol. The van der Waals surface area contributed by atoms with Crippen molar-refractivity contribution in [1.82, 2.24) is 9.62 Å². The second-order valence-corrected chi connectivity index (χ2v) is 10.5. The standard InChI is InChI=1S/C22H28Cl2N2O3S/c1-26(2)15-22(16-8-13-20(23)21(24)14-16)25-30(27,28)19-11-9-18(10-12-19)29-17-6-4-3-5-7-17/h8-14,17,22,25H,3-7,15H2,1-2H3/t22-/m1/s1. The maximum Gasteiger partial charge on any atom is 0.241 e. The molecule has 0 aliphatic heterocycles. The van der Waals surface area contributed by atoms with Crippen molar-refractivity contribution in [2.24, 2.45) is 0 Å². The van der Waals surface area contributed by atoms with Gasteiger partial charge in [0.05, 0.1) is 27.1 Å². The minimum absolute atomic E-state index is 0.197. The Morgan fingerprint density at radius 1 is 1.03 bits per heavy atom. The molecular formula is C22H28Cl2N2O3S. The van der Waals surface area contributed by atoms with Crippen LogP contribution in [0.4, 0.5) is 0 Å². The van der Waals surface area contributed by atoms with Crippen molar-refractivity contribution in [3.05, 3.63) is 58.1 Å². The third-order valence-corrected chi connectivity index (χ3v) is 7.41. The number of hydrogen-bond acceptors (Lipinski definition) is 4. The molecule has 1 aliphatic rings. The molecule has 0 heterocycles. The number of nitrogens with zero attached hydrogens (tertiary/aromatic N) is 1. The molecule has 5 nitrogen and oxygen atoms in total. The lowest BCUT2D eigenvalue weighted by atomic mass is 9.98. The molecule has 0 radical (unpaired) electrons. The van der Waals surface area contributed by atoms with Crippen LogP contribution in [0.1, 0.15) is 43.7 Å². The molecule has 8 heteroatoms. The molecule has 0 saturated heterocycles. The number of halogens is 2. The van der Waals surface area contributed by atoms with Gasteiger partial charge < -0.3 is 9.64 Å². The van der Waals surface area contributed by atoms with Crippen LogP contribution in [0.25, 0.3) is 0 Å². The van der Waals surface area contributed by atoms with Gasteiger partial charge in [0, 0.05) is 6.54 Å².